The van der Waals surface area contributed by atoms with E-state index >= 15 is 0 Å². The van der Waals surface area contributed by atoms with Gasteiger partial charge in [-0.2, -0.15) is 0 Å². The lowest BCUT2D eigenvalue weighted by Crippen LogP contribution is -2.32. The molecule has 2 aromatic heterocycles. The van der Waals surface area contributed by atoms with E-state index in [0.29, 0.717) is 28.7 Å². The van der Waals surface area contributed by atoms with Gasteiger partial charge in [-0.05, 0) is 62.1 Å². The summed E-state index contributed by atoms with van der Waals surface area (Å²) >= 11 is 1.44. The Morgan fingerprint density at radius 1 is 1.17 bits per heavy atom. The molecule has 29 heavy (non-hydrogen) atoms. The van der Waals surface area contributed by atoms with Crippen molar-refractivity contribution >= 4 is 34.1 Å². The number of carbonyl (C=O) groups is 3. The Kier molecular flexibility index (Phi) is 5.89. The Morgan fingerprint density at radius 3 is 2.76 bits per heavy atom. The Balaban J connectivity index is 1.48. The number of anilines is 1. The number of nitrogens with zero attached hydrogens (tertiary/aromatic N) is 1. The van der Waals surface area contributed by atoms with Crippen LogP contribution in [0.1, 0.15) is 56.8 Å². The number of aryl methyl sites for hydroxylation is 1. The van der Waals surface area contributed by atoms with Crippen molar-refractivity contribution in [2.45, 2.75) is 38.5 Å². The van der Waals surface area contributed by atoms with Gasteiger partial charge >= 0.3 is 5.97 Å². The predicted octanol–water partition coefficient (Wildman–Crippen LogP) is 2.96. The Hall–Kier alpha value is -2.74. The number of hydrogen-bond donors (Lipinski definition) is 2. The SMILES string of the molecule is O=C(CNC(=O)c1c(NC(=O)c2cccnc2)sc2c1CCCC2)OCC1CC1. The zero-order chi connectivity index (χ0) is 20.2. The summed E-state index contributed by atoms with van der Waals surface area (Å²) in [6, 6.07) is 3.36. The van der Waals surface area contributed by atoms with Crippen LogP contribution in [-0.2, 0) is 22.4 Å². The van der Waals surface area contributed by atoms with Gasteiger partial charge in [-0.3, -0.25) is 19.4 Å². The molecule has 2 amide bonds. The molecule has 0 spiro atoms. The minimum absolute atomic E-state index is 0.174. The summed E-state index contributed by atoms with van der Waals surface area (Å²) in [6.45, 7) is 0.251. The second kappa shape index (κ2) is 8.73. The van der Waals surface area contributed by atoms with Crippen molar-refractivity contribution in [1.82, 2.24) is 10.3 Å². The maximum Gasteiger partial charge on any atom is 0.325 e. The van der Waals surface area contributed by atoms with E-state index < -0.39 is 5.97 Å². The van der Waals surface area contributed by atoms with Crippen molar-refractivity contribution in [3.8, 4) is 0 Å². The number of nitrogens with one attached hydrogen (secondary N) is 2. The van der Waals surface area contributed by atoms with Gasteiger partial charge in [0.1, 0.15) is 11.5 Å². The Morgan fingerprint density at radius 2 is 2.00 bits per heavy atom. The lowest BCUT2D eigenvalue weighted by Gasteiger charge is -2.13. The molecule has 7 nitrogen and oxygen atoms in total. The predicted molar refractivity (Wildman–Crippen MR) is 109 cm³/mol. The number of aromatic nitrogens is 1. The molecule has 0 saturated heterocycles. The largest absolute Gasteiger partial charge is 0.464 e. The van der Waals surface area contributed by atoms with Crippen molar-refractivity contribution < 1.29 is 19.1 Å². The lowest BCUT2D eigenvalue weighted by molar-refractivity contribution is -0.142. The highest BCUT2D eigenvalue weighted by atomic mass is 32.1. The second-order valence-electron chi connectivity index (χ2n) is 7.42. The van der Waals surface area contributed by atoms with E-state index in [-0.39, 0.29) is 18.4 Å². The highest BCUT2D eigenvalue weighted by Gasteiger charge is 2.27. The first kappa shape index (κ1) is 19.6. The highest BCUT2D eigenvalue weighted by Crippen LogP contribution is 2.38. The molecule has 2 heterocycles. The van der Waals surface area contributed by atoms with Crippen LogP contribution < -0.4 is 10.6 Å². The fourth-order valence-corrected chi connectivity index (χ4v) is 4.64. The van der Waals surface area contributed by atoms with Crippen molar-refractivity contribution in [2.75, 3.05) is 18.5 Å². The monoisotopic (exact) mass is 413 g/mol. The maximum absolute atomic E-state index is 12.9. The highest BCUT2D eigenvalue weighted by molar-refractivity contribution is 7.17. The van der Waals surface area contributed by atoms with Gasteiger partial charge in [0.25, 0.3) is 11.8 Å². The second-order valence-corrected chi connectivity index (χ2v) is 8.53. The van der Waals surface area contributed by atoms with Crippen LogP contribution in [0.3, 0.4) is 0 Å². The van der Waals surface area contributed by atoms with Crippen molar-refractivity contribution in [2.24, 2.45) is 5.92 Å². The summed E-state index contributed by atoms with van der Waals surface area (Å²) in [4.78, 5) is 42.4. The molecule has 0 aliphatic heterocycles. The van der Waals surface area contributed by atoms with Crippen LogP contribution in [0.4, 0.5) is 5.00 Å². The average molecular weight is 413 g/mol. The molecule has 8 heteroatoms. The van der Waals surface area contributed by atoms with E-state index in [2.05, 4.69) is 15.6 Å². The first-order valence-corrected chi connectivity index (χ1v) is 10.7. The third kappa shape index (κ3) is 4.82. The van der Waals surface area contributed by atoms with Crippen LogP contribution in [0.2, 0.25) is 0 Å². The summed E-state index contributed by atoms with van der Waals surface area (Å²) in [5.41, 5.74) is 1.87. The summed E-state index contributed by atoms with van der Waals surface area (Å²) in [7, 11) is 0. The molecule has 0 bridgehead atoms. The topological polar surface area (TPSA) is 97.4 Å². The molecule has 0 radical (unpaired) electrons. The molecule has 2 aliphatic rings. The van der Waals surface area contributed by atoms with Gasteiger partial charge in [0, 0.05) is 17.3 Å². The van der Waals surface area contributed by atoms with E-state index in [9.17, 15) is 14.4 Å². The maximum atomic E-state index is 12.9. The smallest absolute Gasteiger partial charge is 0.325 e. The van der Waals surface area contributed by atoms with Gasteiger partial charge in [-0.25, -0.2) is 0 Å². The van der Waals surface area contributed by atoms with Gasteiger partial charge in [0.2, 0.25) is 0 Å². The first-order chi connectivity index (χ1) is 14.1. The third-order valence-electron chi connectivity index (χ3n) is 5.12. The van der Waals surface area contributed by atoms with Crippen LogP contribution in [0.15, 0.2) is 24.5 Å². The van der Waals surface area contributed by atoms with Crippen LogP contribution in [0.25, 0.3) is 0 Å². The Labute approximate surface area is 172 Å². The van der Waals surface area contributed by atoms with Gasteiger partial charge in [-0.1, -0.05) is 0 Å². The van der Waals surface area contributed by atoms with Crippen molar-refractivity contribution in [3.05, 3.63) is 46.1 Å². The zero-order valence-corrected chi connectivity index (χ0v) is 16.8. The lowest BCUT2D eigenvalue weighted by atomic mass is 9.95. The number of hydrogen-bond acceptors (Lipinski definition) is 6. The summed E-state index contributed by atoms with van der Waals surface area (Å²) in [6.07, 6.45) is 9.04. The van der Waals surface area contributed by atoms with Gasteiger partial charge in [0.05, 0.1) is 17.7 Å². The summed E-state index contributed by atoms with van der Waals surface area (Å²) < 4.78 is 5.17. The van der Waals surface area contributed by atoms with Crippen molar-refractivity contribution in [3.63, 3.8) is 0 Å². The fourth-order valence-electron chi connectivity index (χ4n) is 3.35. The number of amides is 2. The van der Waals surface area contributed by atoms with Crippen LogP contribution in [0, 0.1) is 5.92 Å². The molecule has 0 unspecified atom stereocenters. The van der Waals surface area contributed by atoms with Gasteiger partial charge < -0.3 is 15.4 Å². The molecule has 152 valence electrons. The molecular formula is C21H23N3O4S. The number of fused-ring (bicyclic) bond motifs is 1. The molecule has 4 rings (SSSR count). The summed E-state index contributed by atoms with van der Waals surface area (Å²) in [5, 5.41) is 6.05. The number of ether oxygens (including phenoxy) is 1. The minimum Gasteiger partial charge on any atom is -0.464 e. The molecule has 2 aliphatic carbocycles. The van der Waals surface area contributed by atoms with E-state index in [1.54, 1.807) is 18.3 Å². The number of pyridine rings is 1. The third-order valence-corrected chi connectivity index (χ3v) is 6.33. The Bertz CT molecular complexity index is 922. The number of rotatable bonds is 7. The average Bonchev–Trinajstić information content (AvgIpc) is 3.50. The molecular weight excluding hydrogens is 390 g/mol. The molecule has 2 aromatic rings. The van der Waals surface area contributed by atoms with E-state index in [1.807, 2.05) is 0 Å². The first-order valence-electron chi connectivity index (χ1n) is 9.91. The van der Waals surface area contributed by atoms with Gasteiger partial charge in [-0.15, -0.1) is 11.3 Å². The van der Waals surface area contributed by atoms with Crippen molar-refractivity contribution in [1.29, 1.82) is 0 Å². The fraction of sp³-hybridized carbons (Fsp3) is 0.429. The molecule has 1 saturated carbocycles. The van der Waals surface area contributed by atoms with Crippen LogP contribution in [0.5, 0.6) is 0 Å². The number of carbonyl (C=O) groups excluding carboxylic acids is 3. The minimum atomic E-state index is -0.435. The van der Waals surface area contributed by atoms with Crippen LogP contribution >= 0.6 is 11.3 Å². The zero-order valence-electron chi connectivity index (χ0n) is 16.0. The molecule has 1 fully saturated rings. The number of thiophene rings is 1. The standard InChI is InChI=1S/C21H23N3O4S/c25-17(28-12-13-7-8-13)11-23-20(27)18-15-5-1-2-6-16(15)29-21(18)24-19(26)14-4-3-9-22-10-14/h3-4,9-10,13H,1-2,5-8,11-12H2,(H,23,27)(H,24,26). The quantitative estimate of drug-likeness (QED) is 0.680. The molecule has 2 N–H and O–H groups in total. The molecule has 0 aromatic carbocycles. The van der Waals surface area contributed by atoms with E-state index in [0.717, 1.165) is 49.0 Å². The normalized spacial score (nSPS) is 15.3. The van der Waals surface area contributed by atoms with E-state index in [4.69, 9.17) is 4.74 Å². The number of esters is 1. The van der Waals surface area contributed by atoms with E-state index in [1.165, 1.54) is 17.5 Å². The van der Waals surface area contributed by atoms with Gasteiger partial charge in [0.15, 0.2) is 0 Å². The molecule has 0 atom stereocenters. The van der Waals surface area contributed by atoms with Crippen LogP contribution in [-0.4, -0.2) is 35.9 Å². The summed E-state index contributed by atoms with van der Waals surface area (Å²) in [5.74, 6) is -0.619.